The molecule has 18 heavy (non-hydrogen) atoms. The predicted octanol–water partition coefficient (Wildman–Crippen LogP) is 2.82. The molecule has 0 aliphatic carbocycles. The summed E-state index contributed by atoms with van der Waals surface area (Å²) in [5.74, 6) is 0. The fourth-order valence-electron chi connectivity index (χ4n) is 2.73. The van der Waals surface area contributed by atoms with Crippen LogP contribution < -0.4 is 5.32 Å². The maximum absolute atomic E-state index is 4.44. The predicted molar refractivity (Wildman–Crippen MR) is 73.4 cm³/mol. The van der Waals surface area contributed by atoms with E-state index in [0.717, 1.165) is 6.54 Å². The van der Waals surface area contributed by atoms with Crippen LogP contribution in [-0.2, 0) is 7.05 Å². The van der Waals surface area contributed by atoms with Crippen molar-refractivity contribution in [3.8, 4) is 11.1 Å². The van der Waals surface area contributed by atoms with Gasteiger partial charge in [-0.05, 0) is 31.9 Å². The van der Waals surface area contributed by atoms with Gasteiger partial charge in [0.05, 0.1) is 11.9 Å². The summed E-state index contributed by atoms with van der Waals surface area (Å²) in [7, 11) is 2.03. The average molecular weight is 241 g/mol. The van der Waals surface area contributed by atoms with Crippen LogP contribution in [0.25, 0.3) is 11.1 Å². The van der Waals surface area contributed by atoms with E-state index in [1.165, 1.54) is 35.2 Å². The Labute approximate surface area is 108 Å². The number of nitrogens with one attached hydrogen (secondary N) is 1. The van der Waals surface area contributed by atoms with Crippen LogP contribution in [0.2, 0.25) is 0 Å². The lowest BCUT2D eigenvalue weighted by Gasteiger charge is -2.13. The van der Waals surface area contributed by atoms with Gasteiger partial charge in [-0.25, -0.2) is 0 Å². The molecule has 2 aromatic rings. The standard InChI is InChI=1S/C15H19N3/c1-11-5-7-12(8-6-11)13-10-17-18(2)15(13)14-4-3-9-16-14/h5-8,10,14,16H,3-4,9H2,1-2H3. The lowest BCUT2D eigenvalue weighted by atomic mass is 10.0. The fraction of sp³-hybridized carbons (Fsp3) is 0.400. The molecule has 3 rings (SSSR count). The number of nitrogens with zero attached hydrogens (tertiary/aromatic N) is 2. The maximum atomic E-state index is 4.44. The molecule has 0 radical (unpaired) electrons. The monoisotopic (exact) mass is 241 g/mol. The van der Waals surface area contributed by atoms with Gasteiger partial charge in [-0.3, -0.25) is 4.68 Å². The Morgan fingerprint density at radius 1 is 1.28 bits per heavy atom. The molecule has 1 aliphatic heterocycles. The van der Waals surface area contributed by atoms with Gasteiger partial charge < -0.3 is 5.32 Å². The third-order valence-electron chi connectivity index (χ3n) is 3.74. The van der Waals surface area contributed by atoms with Gasteiger partial charge in [0.1, 0.15) is 0 Å². The smallest absolute Gasteiger partial charge is 0.0628 e. The van der Waals surface area contributed by atoms with E-state index in [-0.39, 0.29) is 0 Å². The van der Waals surface area contributed by atoms with E-state index in [0.29, 0.717) is 6.04 Å². The van der Waals surface area contributed by atoms with Gasteiger partial charge in [-0.2, -0.15) is 5.10 Å². The second-order valence-electron chi connectivity index (χ2n) is 5.08. The van der Waals surface area contributed by atoms with Crippen molar-refractivity contribution >= 4 is 0 Å². The quantitative estimate of drug-likeness (QED) is 0.876. The summed E-state index contributed by atoms with van der Waals surface area (Å²) in [5.41, 5.74) is 5.13. The molecular weight excluding hydrogens is 222 g/mol. The zero-order valence-electron chi connectivity index (χ0n) is 11.0. The molecule has 0 spiro atoms. The van der Waals surface area contributed by atoms with Crippen LogP contribution in [0.5, 0.6) is 0 Å². The lowest BCUT2D eigenvalue weighted by molar-refractivity contribution is 0.575. The maximum Gasteiger partial charge on any atom is 0.0628 e. The van der Waals surface area contributed by atoms with Gasteiger partial charge in [-0.1, -0.05) is 29.8 Å². The van der Waals surface area contributed by atoms with Crippen molar-refractivity contribution in [2.24, 2.45) is 7.05 Å². The number of aryl methyl sites for hydroxylation is 2. The largest absolute Gasteiger partial charge is 0.309 e. The van der Waals surface area contributed by atoms with Gasteiger partial charge in [0, 0.05) is 18.7 Å². The topological polar surface area (TPSA) is 29.9 Å². The van der Waals surface area contributed by atoms with Crippen LogP contribution in [0.15, 0.2) is 30.5 Å². The van der Waals surface area contributed by atoms with Crippen LogP contribution in [0.4, 0.5) is 0 Å². The van der Waals surface area contributed by atoms with Crippen molar-refractivity contribution in [2.45, 2.75) is 25.8 Å². The molecule has 3 heteroatoms. The molecule has 3 nitrogen and oxygen atoms in total. The van der Waals surface area contributed by atoms with Gasteiger partial charge in [0.2, 0.25) is 0 Å². The van der Waals surface area contributed by atoms with Crippen molar-refractivity contribution in [3.63, 3.8) is 0 Å². The van der Waals surface area contributed by atoms with Crippen molar-refractivity contribution in [1.29, 1.82) is 0 Å². The SMILES string of the molecule is Cc1ccc(-c2cnn(C)c2C2CCCN2)cc1. The Kier molecular flexibility index (Phi) is 2.92. The molecule has 1 atom stereocenters. The minimum atomic E-state index is 0.453. The molecule has 1 aliphatic rings. The molecule has 0 amide bonds. The molecule has 1 fully saturated rings. The zero-order chi connectivity index (χ0) is 12.5. The number of hydrogen-bond donors (Lipinski definition) is 1. The molecule has 0 bridgehead atoms. The number of hydrogen-bond acceptors (Lipinski definition) is 2. The molecule has 94 valence electrons. The summed E-state index contributed by atoms with van der Waals surface area (Å²) < 4.78 is 2.01. The summed E-state index contributed by atoms with van der Waals surface area (Å²) in [6.45, 7) is 3.23. The lowest BCUT2D eigenvalue weighted by Crippen LogP contribution is -2.17. The highest BCUT2D eigenvalue weighted by Crippen LogP contribution is 2.32. The highest BCUT2D eigenvalue weighted by Gasteiger charge is 2.23. The Morgan fingerprint density at radius 3 is 2.72 bits per heavy atom. The van der Waals surface area contributed by atoms with E-state index in [1.54, 1.807) is 0 Å². The molecule has 1 saturated heterocycles. The first kappa shape index (κ1) is 11.5. The third kappa shape index (κ3) is 1.95. The van der Waals surface area contributed by atoms with E-state index < -0.39 is 0 Å². The average Bonchev–Trinajstić information content (AvgIpc) is 2.99. The van der Waals surface area contributed by atoms with Crippen LogP contribution in [-0.4, -0.2) is 16.3 Å². The molecule has 1 unspecified atom stereocenters. The van der Waals surface area contributed by atoms with Gasteiger partial charge >= 0.3 is 0 Å². The molecule has 0 saturated carbocycles. The summed E-state index contributed by atoms with van der Waals surface area (Å²) in [6, 6.07) is 9.15. The first-order valence-electron chi connectivity index (χ1n) is 6.58. The van der Waals surface area contributed by atoms with E-state index >= 15 is 0 Å². The van der Waals surface area contributed by atoms with Crippen LogP contribution in [0, 0.1) is 6.92 Å². The first-order valence-corrected chi connectivity index (χ1v) is 6.58. The summed E-state index contributed by atoms with van der Waals surface area (Å²) in [5, 5.41) is 8.00. The number of rotatable bonds is 2. The van der Waals surface area contributed by atoms with E-state index in [2.05, 4.69) is 41.6 Å². The van der Waals surface area contributed by atoms with Gasteiger partial charge in [0.15, 0.2) is 0 Å². The van der Waals surface area contributed by atoms with Crippen LogP contribution >= 0.6 is 0 Å². The van der Waals surface area contributed by atoms with E-state index in [1.807, 2.05) is 17.9 Å². The first-order chi connectivity index (χ1) is 8.75. The summed E-state index contributed by atoms with van der Waals surface area (Å²) in [4.78, 5) is 0. The molecular formula is C15H19N3. The normalized spacial score (nSPS) is 19.3. The van der Waals surface area contributed by atoms with Gasteiger partial charge in [0.25, 0.3) is 0 Å². The molecule has 1 N–H and O–H groups in total. The second kappa shape index (κ2) is 4.58. The molecule has 1 aromatic heterocycles. The minimum absolute atomic E-state index is 0.453. The Bertz CT molecular complexity index is 533. The Balaban J connectivity index is 2.04. The van der Waals surface area contributed by atoms with Gasteiger partial charge in [-0.15, -0.1) is 0 Å². The fourth-order valence-corrected chi connectivity index (χ4v) is 2.73. The summed E-state index contributed by atoms with van der Waals surface area (Å²) in [6.07, 6.45) is 4.45. The third-order valence-corrected chi connectivity index (χ3v) is 3.74. The van der Waals surface area contributed by atoms with Crippen molar-refractivity contribution < 1.29 is 0 Å². The Morgan fingerprint density at radius 2 is 2.06 bits per heavy atom. The highest BCUT2D eigenvalue weighted by molar-refractivity contribution is 5.66. The van der Waals surface area contributed by atoms with E-state index in [4.69, 9.17) is 0 Å². The van der Waals surface area contributed by atoms with E-state index in [9.17, 15) is 0 Å². The zero-order valence-corrected chi connectivity index (χ0v) is 11.0. The Hall–Kier alpha value is -1.61. The molecule has 2 heterocycles. The summed E-state index contributed by atoms with van der Waals surface area (Å²) >= 11 is 0. The minimum Gasteiger partial charge on any atom is -0.309 e. The molecule has 1 aromatic carbocycles. The van der Waals surface area contributed by atoms with Crippen LogP contribution in [0.1, 0.15) is 30.1 Å². The van der Waals surface area contributed by atoms with Crippen molar-refractivity contribution in [2.75, 3.05) is 6.54 Å². The second-order valence-corrected chi connectivity index (χ2v) is 5.08. The van der Waals surface area contributed by atoms with Crippen molar-refractivity contribution in [1.82, 2.24) is 15.1 Å². The van der Waals surface area contributed by atoms with Crippen molar-refractivity contribution in [3.05, 3.63) is 41.7 Å². The number of aromatic nitrogens is 2. The number of benzene rings is 1. The highest BCUT2D eigenvalue weighted by atomic mass is 15.3. The van der Waals surface area contributed by atoms with Crippen LogP contribution in [0.3, 0.4) is 0 Å².